The SMILES string of the molecule is COC1CCN(c2nc3cc(C(N)=NC(=O)O)nc(-c4cncc(Cl)c4)c3n2CC2CCCCC2)C1. The summed E-state index contributed by atoms with van der Waals surface area (Å²) in [5.74, 6) is 1.21. The number of fused-ring (bicyclic) bond motifs is 1. The number of ether oxygens (including phenoxy) is 1. The number of anilines is 1. The van der Waals surface area contributed by atoms with Crippen LogP contribution in [0.4, 0.5) is 10.7 Å². The quantitative estimate of drug-likeness (QED) is 0.369. The zero-order valence-corrected chi connectivity index (χ0v) is 21.0. The van der Waals surface area contributed by atoms with E-state index in [0.29, 0.717) is 27.7 Å². The molecule has 1 aliphatic carbocycles. The van der Waals surface area contributed by atoms with Crippen LogP contribution in [0.3, 0.4) is 0 Å². The van der Waals surface area contributed by atoms with E-state index in [1.54, 1.807) is 31.6 Å². The summed E-state index contributed by atoms with van der Waals surface area (Å²) < 4.78 is 7.88. The molecule has 3 aromatic rings. The van der Waals surface area contributed by atoms with Crippen LogP contribution in [-0.2, 0) is 11.3 Å². The Balaban J connectivity index is 1.73. The average molecular weight is 512 g/mol. The van der Waals surface area contributed by atoms with Gasteiger partial charge in [-0.25, -0.2) is 14.8 Å². The van der Waals surface area contributed by atoms with Crippen LogP contribution in [0.15, 0.2) is 29.5 Å². The Hall–Kier alpha value is -3.24. The van der Waals surface area contributed by atoms with Crippen molar-refractivity contribution in [1.29, 1.82) is 0 Å². The molecule has 1 unspecified atom stereocenters. The van der Waals surface area contributed by atoms with Gasteiger partial charge in [-0.3, -0.25) is 4.98 Å². The third-order valence-corrected chi connectivity index (χ3v) is 7.29. The van der Waals surface area contributed by atoms with Crippen molar-refractivity contribution in [3.63, 3.8) is 0 Å². The Morgan fingerprint density at radius 1 is 1.22 bits per heavy atom. The second-order valence-electron chi connectivity index (χ2n) is 9.51. The first kappa shape index (κ1) is 24.5. The molecule has 3 N–H and O–H groups in total. The molecule has 1 saturated heterocycles. The summed E-state index contributed by atoms with van der Waals surface area (Å²) in [5.41, 5.74) is 9.08. The van der Waals surface area contributed by atoms with Gasteiger partial charge in [0.1, 0.15) is 5.69 Å². The summed E-state index contributed by atoms with van der Waals surface area (Å²) in [6, 6.07) is 3.50. The van der Waals surface area contributed by atoms with Crippen LogP contribution in [0.5, 0.6) is 0 Å². The first-order valence-corrected chi connectivity index (χ1v) is 12.7. The number of imidazole rings is 1. The summed E-state index contributed by atoms with van der Waals surface area (Å²) in [7, 11) is 1.74. The van der Waals surface area contributed by atoms with Crippen LogP contribution in [0.2, 0.25) is 5.02 Å². The van der Waals surface area contributed by atoms with Crippen molar-refractivity contribution in [2.24, 2.45) is 16.6 Å². The molecule has 0 aromatic carbocycles. The van der Waals surface area contributed by atoms with Crippen LogP contribution >= 0.6 is 11.6 Å². The lowest BCUT2D eigenvalue weighted by atomic mass is 9.89. The van der Waals surface area contributed by atoms with E-state index in [1.807, 2.05) is 0 Å². The minimum Gasteiger partial charge on any atom is -0.463 e. The Morgan fingerprint density at radius 3 is 2.72 bits per heavy atom. The number of amides is 1. The molecule has 1 amide bonds. The van der Waals surface area contributed by atoms with Crippen molar-refractivity contribution >= 4 is 40.5 Å². The van der Waals surface area contributed by atoms with E-state index in [1.165, 1.54) is 32.1 Å². The number of hydrogen-bond donors (Lipinski definition) is 2. The van der Waals surface area contributed by atoms with Gasteiger partial charge in [-0.15, -0.1) is 0 Å². The van der Waals surface area contributed by atoms with Gasteiger partial charge in [-0.05, 0) is 37.3 Å². The molecule has 0 spiro atoms. The minimum absolute atomic E-state index is 0.150. The largest absolute Gasteiger partial charge is 0.463 e. The monoisotopic (exact) mass is 511 g/mol. The van der Waals surface area contributed by atoms with E-state index in [-0.39, 0.29) is 17.6 Å². The maximum atomic E-state index is 11.2. The Kier molecular flexibility index (Phi) is 7.06. The van der Waals surface area contributed by atoms with Gasteiger partial charge in [0.05, 0.1) is 27.9 Å². The number of aliphatic imine (C=N–C) groups is 1. The summed E-state index contributed by atoms with van der Waals surface area (Å²) in [4.78, 5) is 31.0. The van der Waals surface area contributed by atoms with Crippen molar-refractivity contribution in [3.05, 3.63) is 35.2 Å². The van der Waals surface area contributed by atoms with Gasteiger partial charge in [0.25, 0.3) is 0 Å². The highest BCUT2D eigenvalue weighted by molar-refractivity contribution is 6.30. The molecular weight excluding hydrogens is 482 g/mol. The van der Waals surface area contributed by atoms with E-state index < -0.39 is 6.09 Å². The van der Waals surface area contributed by atoms with Crippen LogP contribution in [0.25, 0.3) is 22.3 Å². The Labute approximate surface area is 214 Å². The summed E-state index contributed by atoms with van der Waals surface area (Å²) in [5, 5.41) is 9.62. The zero-order chi connectivity index (χ0) is 25.2. The predicted molar refractivity (Wildman–Crippen MR) is 139 cm³/mol. The minimum atomic E-state index is -1.38. The highest BCUT2D eigenvalue weighted by Crippen LogP contribution is 2.36. The lowest BCUT2D eigenvalue weighted by Gasteiger charge is -2.26. The fraction of sp³-hybridized carbons (Fsp3) is 0.480. The number of carbonyl (C=O) groups is 1. The number of pyridine rings is 2. The third kappa shape index (κ3) is 5.01. The van der Waals surface area contributed by atoms with Gasteiger partial charge >= 0.3 is 6.09 Å². The second kappa shape index (κ2) is 10.4. The van der Waals surface area contributed by atoms with Crippen LogP contribution in [-0.4, -0.2) is 62.9 Å². The number of nitrogens with two attached hydrogens (primary N) is 1. The molecule has 10 nitrogen and oxygen atoms in total. The molecule has 1 atom stereocenters. The van der Waals surface area contributed by atoms with Crippen LogP contribution < -0.4 is 10.6 Å². The average Bonchev–Trinajstić information content (AvgIpc) is 3.48. The fourth-order valence-electron chi connectivity index (χ4n) is 5.32. The number of amidine groups is 1. The van der Waals surface area contributed by atoms with Crippen molar-refractivity contribution in [2.45, 2.75) is 51.2 Å². The molecule has 2 fully saturated rings. The normalized spacial score (nSPS) is 19.3. The van der Waals surface area contributed by atoms with Crippen molar-refractivity contribution in [1.82, 2.24) is 19.5 Å². The Bertz CT molecular complexity index is 1300. The summed E-state index contributed by atoms with van der Waals surface area (Å²) in [6.45, 7) is 2.41. The summed E-state index contributed by atoms with van der Waals surface area (Å²) in [6.07, 6.45) is 9.05. The molecule has 4 heterocycles. The second-order valence-corrected chi connectivity index (χ2v) is 9.95. The number of aromatic nitrogens is 4. The first-order valence-electron chi connectivity index (χ1n) is 12.3. The highest BCUT2D eigenvalue weighted by Gasteiger charge is 2.29. The highest BCUT2D eigenvalue weighted by atomic mass is 35.5. The van der Waals surface area contributed by atoms with Crippen molar-refractivity contribution in [3.8, 4) is 11.3 Å². The van der Waals surface area contributed by atoms with E-state index in [0.717, 1.165) is 37.5 Å². The van der Waals surface area contributed by atoms with Gasteiger partial charge in [-0.1, -0.05) is 30.9 Å². The van der Waals surface area contributed by atoms with Crippen LogP contribution in [0.1, 0.15) is 44.2 Å². The third-order valence-electron chi connectivity index (χ3n) is 7.09. The lowest BCUT2D eigenvalue weighted by Crippen LogP contribution is -2.27. The first-order chi connectivity index (χ1) is 17.4. The van der Waals surface area contributed by atoms with Gasteiger partial charge < -0.3 is 25.0 Å². The number of carboxylic acid groups (broad SMARTS) is 1. The lowest BCUT2D eigenvalue weighted by molar-refractivity contribution is 0.121. The number of nitrogens with zero attached hydrogens (tertiary/aromatic N) is 6. The molecular formula is C25H30ClN7O3. The van der Waals surface area contributed by atoms with Crippen molar-refractivity contribution < 1.29 is 14.6 Å². The molecule has 1 aliphatic heterocycles. The molecule has 2 aliphatic rings. The molecule has 1 saturated carbocycles. The molecule has 3 aromatic heterocycles. The van der Waals surface area contributed by atoms with Crippen LogP contribution in [0, 0.1) is 5.92 Å². The Morgan fingerprint density at radius 2 is 2.03 bits per heavy atom. The number of rotatable bonds is 6. The smallest absolute Gasteiger partial charge is 0.433 e. The van der Waals surface area contributed by atoms with Gasteiger partial charge in [-0.2, -0.15) is 4.99 Å². The van der Waals surface area contributed by atoms with E-state index in [4.69, 9.17) is 37.1 Å². The molecule has 0 bridgehead atoms. The number of halogens is 1. The molecule has 190 valence electrons. The van der Waals surface area contributed by atoms with Gasteiger partial charge in [0.15, 0.2) is 5.84 Å². The van der Waals surface area contributed by atoms with Crippen molar-refractivity contribution in [2.75, 3.05) is 25.1 Å². The molecule has 5 rings (SSSR count). The van der Waals surface area contributed by atoms with Gasteiger partial charge in [0.2, 0.25) is 5.95 Å². The van der Waals surface area contributed by atoms with E-state index in [9.17, 15) is 4.79 Å². The number of methoxy groups -OCH3 is 1. The maximum Gasteiger partial charge on any atom is 0.433 e. The van der Waals surface area contributed by atoms with Gasteiger partial charge in [0, 0.05) is 44.7 Å². The molecule has 0 radical (unpaired) electrons. The standard InChI is InChI=1S/C25H30ClN7O3/c1-36-18-7-8-32(14-18)24-30-19-10-20(23(27)31-25(34)35)29-21(16-9-17(26)12-28-11-16)22(19)33(24)13-15-5-3-2-4-6-15/h9-12,15,18H,2-8,13-14H2,1H3,(H2,27,31)(H,34,35). The van der Waals surface area contributed by atoms with E-state index in [2.05, 4.69) is 19.4 Å². The van der Waals surface area contributed by atoms with E-state index >= 15 is 0 Å². The zero-order valence-electron chi connectivity index (χ0n) is 20.2. The topological polar surface area (TPSA) is 132 Å². The fourth-order valence-corrected chi connectivity index (χ4v) is 5.50. The predicted octanol–water partition coefficient (Wildman–Crippen LogP) is 4.34. The molecule has 36 heavy (non-hydrogen) atoms. The molecule has 11 heteroatoms. The summed E-state index contributed by atoms with van der Waals surface area (Å²) >= 11 is 6.29. The maximum absolute atomic E-state index is 11.2. The number of hydrogen-bond acceptors (Lipinski definition) is 6.